The van der Waals surface area contributed by atoms with Gasteiger partial charge in [-0.05, 0) is 38.0 Å². The van der Waals surface area contributed by atoms with Crippen molar-refractivity contribution in [2.45, 2.75) is 70.6 Å². The third kappa shape index (κ3) is 9.69. The number of aliphatic hydroxyl groups excluding tert-OH is 1. The second-order valence-corrected chi connectivity index (χ2v) is 7.62. The Morgan fingerprint density at radius 1 is 1.23 bits per heavy atom. The van der Waals surface area contributed by atoms with E-state index in [1.807, 2.05) is 13.0 Å². The molecule has 31 heavy (non-hydrogen) atoms. The third-order valence-corrected chi connectivity index (χ3v) is 5.34. The van der Waals surface area contributed by atoms with Crippen LogP contribution in [-0.4, -0.2) is 64.1 Å². The van der Waals surface area contributed by atoms with Gasteiger partial charge in [0.2, 0.25) is 5.91 Å². The van der Waals surface area contributed by atoms with Crippen molar-refractivity contribution in [1.82, 2.24) is 10.6 Å². The lowest BCUT2D eigenvalue weighted by molar-refractivity contribution is -0.192. The van der Waals surface area contributed by atoms with Crippen LogP contribution in [0.3, 0.4) is 0 Å². The summed E-state index contributed by atoms with van der Waals surface area (Å²) >= 11 is 0. The number of unbranched alkanes of at least 4 members (excludes halogenated alkanes) is 2. The molecule has 180 valence electrons. The number of rotatable bonds is 10. The first kappa shape index (κ1) is 28.9. The van der Waals surface area contributed by atoms with Crippen LogP contribution < -0.4 is 10.6 Å². The molecule has 0 saturated carbocycles. The first-order valence-corrected chi connectivity index (χ1v) is 10.1. The van der Waals surface area contributed by atoms with Crippen LogP contribution in [0.1, 0.15) is 52.9 Å². The minimum Gasteiger partial charge on any atom is -0.480 e. The molecule has 1 rings (SSSR count). The summed E-state index contributed by atoms with van der Waals surface area (Å²) in [5, 5.41) is 31.8. The van der Waals surface area contributed by atoms with Gasteiger partial charge in [-0.2, -0.15) is 13.2 Å². The van der Waals surface area contributed by atoms with Crippen LogP contribution in [-0.2, 0) is 14.4 Å². The van der Waals surface area contributed by atoms with Crippen LogP contribution >= 0.6 is 0 Å². The molecule has 0 aliphatic carbocycles. The zero-order chi connectivity index (χ0) is 24.2. The van der Waals surface area contributed by atoms with Crippen LogP contribution in [0.4, 0.5) is 13.2 Å². The van der Waals surface area contributed by atoms with E-state index in [-0.39, 0.29) is 29.9 Å². The van der Waals surface area contributed by atoms with Crippen LogP contribution in [0.5, 0.6) is 0 Å². The number of hydrogen-bond donors (Lipinski definition) is 5. The summed E-state index contributed by atoms with van der Waals surface area (Å²) in [6.45, 7) is 6.20. The van der Waals surface area contributed by atoms with Crippen LogP contribution in [0, 0.1) is 11.8 Å². The SMILES string of the molecule is C/C=C\[C@@H]1C[C@H](C(=O)O)N[C@@]1(CCCCCO)C(C)CNC(C)=O.O=C(O)C(F)(F)F. The summed E-state index contributed by atoms with van der Waals surface area (Å²) in [6.07, 6.45) is 2.95. The smallest absolute Gasteiger partial charge is 0.480 e. The molecular weight excluding hydrogens is 421 g/mol. The molecule has 0 radical (unpaired) electrons. The Kier molecular flexibility index (Phi) is 12.4. The normalized spacial score (nSPS) is 24.4. The maximum atomic E-state index is 11.5. The number of carbonyl (C=O) groups is 3. The molecule has 5 N–H and O–H groups in total. The number of nitrogens with one attached hydrogen (secondary N) is 2. The van der Waals surface area contributed by atoms with E-state index < -0.39 is 24.2 Å². The van der Waals surface area contributed by atoms with Gasteiger partial charge < -0.3 is 20.6 Å². The largest absolute Gasteiger partial charge is 0.490 e. The molecule has 1 aliphatic rings. The molecule has 0 aromatic rings. The third-order valence-electron chi connectivity index (χ3n) is 5.34. The number of halogens is 3. The van der Waals surface area contributed by atoms with E-state index >= 15 is 0 Å². The van der Waals surface area contributed by atoms with Gasteiger partial charge in [-0.25, -0.2) is 4.79 Å². The molecule has 1 amide bonds. The number of amides is 1. The molecule has 11 heteroatoms. The molecule has 1 saturated heterocycles. The van der Waals surface area contributed by atoms with Crippen LogP contribution in [0.15, 0.2) is 12.2 Å². The lowest BCUT2D eigenvalue weighted by Gasteiger charge is -2.41. The van der Waals surface area contributed by atoms with E-state index in [0.717, 1.165) is 25.7 Å². The van der Waals surface area contributed by atoms with Gasteiger partial charge in [0.25, 0.3) is 0 Å². The highest BCUT2D eigenvalue weighted by Crippen LogP contribution is 2.41. The number of carbonyl (C=O) groups excluding carboxylic acids is 1. The summed E-state index contributed by atoms with van der Waals surface area (Å²) in [5.41, 5.74) is -0.354. The van der Waals surface area contributed by atoms with E-state index in [2.05, 4.69) is 23.6 Å². The molecular formula is C20H33F3N2O6. The molecule has 4 atom stereocenters. The summed E-state index contributed by atoms with van der Waals surface area (Å²) in [5.74, 6) is -3.45. The van der Waals surface area contributed by atoms with E-state index in [0.29, 0.717) is 13.0 Å². The van der Waals surface area contributed by atoms with Crippen molar-refractivity contribution in [2.75, 3.05) is 13.2 Å². The van der Waals surface area contributed by atoms with Gasteiger partial charge in [0, 0.05) is 25.6 Å². The van der Waals surface area contributed by atoms with Gasteiger partial charge in [-0.1, -0.05) is 31.9 Å². The fourth-order valence-electron chi connectivity index (χ4n) is 3.80. The zero-order valence-corrected chi connectivity index (χ0v) is 18.0. The first-order valence-electron chi connectivity index (χ1n) is 10.1. The standard InChI is InChI=1S/C18H32N2O4.C2HF3O2/c1-4-8-15-11-16(17(23)24)20-18(15,9-6-5-7-10-21)13(2)12-19-14(3)22;3-2(4,5)1(6)7/h4,8,13,15-16,20-21H,5-7,9-12H2,1-3H3,(H,19,22)(H,23,24);(H,6,7)/b8-4-;/t13?,15-,16-,18+;/m1./s1. The molecule has 1 heterocycles. The molecule has 0 aromatic heterocycles. The average molecular weight is 454 g/mol. The summed E-state index contributed by atoms with van der Waals surface area (Å²) in [7, 11) is 0. The fourth-order valence-corrected chi connectivity index (χ4v) is 3.80. The number of allylic oxidation sites excluding steroid dienone is 1. The molecule has 0 bridgehead atoms. The highest BCUT2D eigenvalue weighted by molar-refractivity contribution is 5.74. The fraction of sp³-hybridized carbons (Fsp3) is 0.750. The van der Waals surface area contributed by atoms with Gasteiger partial charge in [-0.15, -0.1) is 0 Å². The Bertz CT molecular complexity index is 627. The number of aliphatic hydroxyl groups is 1. The zero-order valence-electron chi connectivity index (χ0n) is 18.0. The molecule has 8 nitrogen and oxygen atoms in total. The van der Waals surface area contributed by atoms with Gasteiger partial charge >= 0.3 is 18.1 Å². The van der Waals surface area contributed by atoms with Crippen molar-refractivity contribution in [1.29, 1.82) is 0 Å². The highest BCUT2D eigenvalue weighted by atomic mass is 19.4. The molecule has 1 aliphatic heterocycles. The average Bonchev–Trinajstić information content (AvgIpc) is 3.03. The Labute approximate surface area is 179 Å². The summed E-state index contributed by atoms with van der Waals surface area (Å²) < 4.78 is 31.7. The quantitative estimate of drug-likeness (QED) is 0.252. The van der Waals surface area contributed by atoms with E-state index in [1.54, 1.807) is 0 Å². The molecule has 1 fully saturated rings. The Morgan fingerprint density at radius 2 is 1.81 bits per heavy atom. The van der Waals surface area contributed by atoms with Crippen molar-refractivity contribution < 1.29 is 42.9 Å². The lowest BCUT2D eigenvalue weighted by atomic mass is 9.72. The van der Waals surface area contributed by atoms with Gasteiger partial charge in [0.05, 0.1) is 0 Å². The van der Waals surface area contributed by atoms with Crippen LogP contribution in [0.25, 0.3) is 0 Å². The van der Waals surface area contributed by atoms with Crippen molar-refractivity contribution >= 4 is 17.8 Å². The second kappa shape index (κ2) is 13.3. The highest BCUT2D eigenvalue weighted by Gasteiger charge is 2.50. The topological polar surface area (TPSA) is 136 Å². The van der Waals surface area contributed by atoms with Crippen molar-refractivity contribution in [3.63, 3.8) is 0 Å². The maximum absolute atomic E-state index is 11.5. The Balaban J connectivity index is 0.00000110. The van der Waals surface area contributed by atoms with Gasteiger partial charge in [0.15, 0.2) is 0 Å². The number of carboxylic acids is 2. The van der Waals surface area contributed by atoms with Gasteiger partial charge in [0.1, 0.15) is 6.04 Å². The molecule has 1 unspecified atom stereocenters. The predicted octanol–water partition coefficient (Wildman–Crippen LogP) is 2.32. The minimum atomic E-state index is -5.08. The molecule has 0 spiro atoms. The number of alkyl halides is 3. The maximum Gasteiger partial charge on any atom is 0.490 e. The van der Waals surface area contributed by atoms with E-state index in [4.69, 9.17) is 15.0 Å². The Hall–Kier alpha value is -2.14. The van der Waals surface area contributed by atoms with Crippen LogP contribution in [0.2, 0.25) is 0 Å². The van der Waals surface area contributed by atoms with Crippen molar-refractivity contribution in [2.24, 2.45) is 11.8 Å². The van der Waals surface area contributed by atoms with Crippen molar-refractivity contribution in [3.8, 4) is 0 Å². The predicted molar refractivity (Wildman–Crippen MR) is 107 cm³/mol. The minimum absolute atomic E-state index is 0.0763. The lowest BCUT2D eigenvalue weighted by Crippen LogP contribution is -2.55. The monoisotopic (exact) mass is 454 g/mol. The summed E-state index contributed by atoms with van der Waals surface area (Å²) in [4.78, 5) is 31.7. The summed E-state index contributed by atoms with van der Waals surface area (Å²) in [6, 6.07) is -0.566. The van der Waals surface area contributed by atoms with E-state index in [9.17, 15) is 27.9 Å². The van der Waals surface area contributed by atoms with E-state index in [1.165, 1.54) is 6.92 Å². The number of aliphatic carboxylic acids is 2. The second-order valence-electron chi connectivity index (χ2n) is 7.62. The Morgan fingerprint density at radius 3 is 2.23 bits per heavy atom. The number of hydrogen-bond acceptors (Lipinski definition) is 5. The number of carboxylic acid groups (broad SMARTS) is 2. The van der Waals surface area contributed by atoms with Crippen molar-refractivity contribution in [3.05, 3.63) is 12.2 Å². The van der Waals surface area contributed by atoms with Gasteiger partial charge in [-0.3, -0.25) is 14.9 Å². The first-order chi connectivity index (χ1) is 14.3. The molecule has 0 aromatic carbocycles.